The summed E-state index contributed by atoms with van der Waals surface area (Å²) in [7, 11) is 1.57. The number of thioether (sulfide) groups is 1. The molecule has 0 saturated carbocycles. The number of benzene rings is 2. The smallest absolute Gasteiger partial charge is 0.266 e. The van der Waals surface area contributed by atoms with Crippen molar-refractivity contribution in [1.82, 2.24) is 9.55 Å². The third-order valence-corrected chi connectivity index (χ3v) is 4.93. The first-order chi connectivity index (χ1) is 12.0. The van der Waals surface area contributed by atoms with Gasteiger partial charge in [0.1, 0.15) is 5.75 Å². The Morgan fingerprint density at radius 2 is 2.00 bits per heavy atom. The summed E-state index contributed by atoms with van der Waals surface area (Å²) in [5.41, 5.74) is 6.21. The topological polar surface area (TPSA) is 87.2 Å². The standard InChI is InChI=1S/C17H14BrN3O3S/c1-24-12-5-3-11(4-6-12)21-16(23)13-8-10(18)2-7-14(13)20-17(21)25-9-15(19)22/h2-8H,9H2,1H3,(H2,19,22). The zero-order valence-electron chi connectivity index (χ0n) is 13.2. The average molecular weight is 420 g/mol. The first-order valence-electron chi connectivity index (χ1n) is 7.27. The Morgan fingerprint density at radius 3 is 2.64 bits per heavy atom. The molecule has 25 heavy (non-hydrogen) atoms. The molecule has 0 fully saturated rings. The number of aromatic nitrogens is 2. The van der Waals surface area contributed by atoms with Crippen molar-refractivity contribution in [3.05, 3.63) is 57.3 Å². The van der Waals surface area contributed by atoms with E-state index in [9.17, 15) is 9.59 Å². The SMILES string of the molecule is COc1ccc(-n2c(SCC(N)=O)nc3ccc(Br)cc3c2=O)cc1. The average Bonchev–Trinajstić information content (AvgIpc) is 2.61. The second-order valence-corrected chi connectivity index (χ2v) is 7.01. The molecular weight excluding hydrogens is 406 g/mol. The Kier molecular flexibility index (Phi) is 5.10. The normalized spacial score (nSPS) is 10.8. The molecule has 0 bridgehead atoms. The van der Waals surface area contributed by atoms with Gasteiger partial charge in [0, 0.05) is 4.47 Å². The molecule has 0 aliphatic heterocycles. The van der Waals surface area contributed by atoms with E-state index in [0.29, 0.717) is 27.5 Å². The van der Waals surface area contributed by atoms with E-state index in [4.69, 9.17) is 10.5 Å². The van der Waals surface area contributed by atoms with Gasteiger partial charge in [-0.05, 0) is 42.5 Å². The number of amides is 1. The molecule has 3 aromatic rings. The summed E-state index contributed by atoms with van der Waals surface area (Å²) < 4.78 is 7.42. The van der Waals surface area contributed by atoms with Crippen LogP contribution in [-0.2, 0) is 4.79 Å². The van der Waals surface area contributed by atoms with Gasteiger partial charge in [0.25, 0.3) is 5.56 Å². The molecule has 0 unspecified atom stereocenters. The summed E-state index contributed by atoms with van der Waals surface area (Å²) in [5, 5.41) is 0.886. The maximum atomic E-state index is 13.0. The molecule has 128 valence electrons. The first kappa shape index (κ1) is 17.5. The van der Waals surface area contributed by atoms with Crippen LogP contribution in [0.15, 0.2) is 56.9 Å². The number of rotatable bonds is 5. The van der Waals surface area contributed by atoms with Gasteiger partial charge in [0.2, 0.25) is 5.91 Å². The summed E-state index contributed by atoms with van der Waals surface area (Å²) in [6.45, 7) is 0. The maximum Gasteiger partial charge on any atom is 0.266 e. The highest BCUT2D eigenvalue weighted by atomic mass is 79.9. The lowest BCUT2D eigenvalue weighted by atomic mass is 10.2. The monoisotopic (exact) mass is 419 g/mol. The van der Waals surface area contributed by atoms with E-state index in [2.05, 4.69) is 20.9 Å². The van der Waals surface area contributed by atoms with Gasteiger partial charge < -0.3 is 10.5 Å². The fourth-order valence-electron chi connectivity index (χ4n) is 2.33. The van der Waals surface area contributed by atoms with Crippen molar-refractivity contribution >= 4 is 44.5 Å². The van der Waals surface area contributed by atoms with Gasteiger partial charge in [0.15, 0.2) is 5.16 Å². The van der Waals surface area contributed by atoms with E-state index in [1.54, 1.807) is 43.5 Å². The summed E-state index contributed by atoms with van der Waals surface area (Å²) in [6.07, 6.45) is 0. The van der Waals surface area contributed by atoms with E-state index in [0.717, 1.165) is 16.2 Å². The van der Waals surface area contributed by atoms with Crippen LogP contribution in [0.3, 0.4) is 0 Å². The number of halogens is 1. The van der Waals surface area contributed by atoms with Gasteiger partial charge in [-0.25, -0.2) is 4.98 Å². The van der Waals surface area contributed by atoms with E-state index in [1.807, 2.05) is 6.07 Å². The molecule has 0 aliphatic rings. The number of nitrogens with two attached hydrogens (primary N) is 1. The number of carbonyl (C=O) groups is 1. The van der Waals surface area contributed by atoms with Crippen LogP contribution in [0.5, 0.6) is 5.75 Å². The molecule has 1 amide bonds. The zero-order valence-corrected chi connectivity index (χ0v) is 15.6. The fraction of sp³-hybridized carbons (Fsp3) is 0.118. The largest absolute Gasteiger partial charge is 0.497 e. The Balaban J connectivity index is 2.24. The number of carbonyl (C=O) groups excluding carboxylic acids is 1. The van der Waals surface area contributed by atoms with Crippen LogP contribution in [0.1, 0.15) is 0 Å². The third-order valence-electron chi connectivity index (χ3n) is 3.47. The molecule has 6 nitrogen and oxygen atoms in total. The number of primary amides is 1. The predicted molar refractivity (Wildman–Crippen MR) is 102 cm³/mol. The zero-order chi connectivity index (χ0) is 18.0. The highest BCUT2D eigenvalue weighted by Crippen LogP contribution is 2.24. The van der Waals surface area contributed by atoms with Gasteiger partial charge >= 0.3 is 0 Å². The van der Waals surface area contributed by atoms with Crippen LogP contribution in [0.25, 0.3) is 16.6 Å². The number of fused-ring (bicyclic) bond motifs is 1. The summed E-state index contributed by atoms with van der Waals surface area (Å²) in [6, 6.07) is 12.3. The first-order valence-corrected chi connectivity index (χ1v) is 9.05. The Bertz CT molecular complexity index is 1000. The predicted octanol–water partition coefficient (Wildman–Crippen LogP) is 2.73. The molecule has 0 radical (unpaired) electrons. The molecule has 0 saturated heterocycles. The molecule has 1 heterocycles. The van der Waals surface area contributed by atoms with Crippen molar-refractivity contribution in [3.63, 3.8) is 0 Å². The van der Waals surface area contributed by atoms with Crippen LogP contribution >= 0.6 is 27.7 Å². The van der Waals surface area contributed by atoms with Crippen molar-refractivity contribution in [2.45, 2.75) is 5.16 Å². The van der Waals surface area contributed by atoms with Crippen LogP contribution in [0, 0.1) is 0 Å². The molecule has 8 heteroatoms. The fourth-order valence-corrected chi connectivity index (χ4v) is 3.44. The van der Waals surface area contributed by atoms with Crippen LogP contribution in [-0.4, -0.2) is 28.3 Å². The summed E-state index contributed by atoms with van der Waals surface area (Å²) in [5.74, 6) is 0.237. The third kappa shape index (κ3) is 3.69. The summed E-state index contributed by atoms with van der Waals surface area (Å²) >= 11 is 4.50. The van der Waals surface area contributed by atoms with Gasteiger partial charge in [-0.15, -0.1) is 0 Å². The molecule has 2 aromatic carbocycles. The molecule has 0 spiro atoms. The molecule has 0 aliphatic carbocycles. The van der Waals surface area contributed by atoms with Crippen LogP contribution in [0.4, 0.5) is 0 Å². The number of methoxy groups -OCH3 is 1. The van der Waals surface area contributed by atoms with Gasteiger partial charge in [-0.2, -0.15) is 0 Å². The number of hydrogen-bond donors (Lipinski definition) is 1. The molecule has 0 atom stereocenters. The number of ether oxygens (including phenoxy) is 1. The van der Waals surface area contributed by atoms with Crippen LogP contribution < -0.4 is 16.0 Å². The minimum atomic E-state index is -0.476. The van der Waals surface area contributed by atoms with E-state index in [-0.39, 0.29) is 11.3 Å². The van der Waals surface area contributed by atoms with Crippen LogP contribution in [0.2, 0.25) is 0 Å². The van der Waals surface area contributed by atoms with Gasteiger partial charge in [0.05, 0.1) is 29.5 Å². The molecule has 2 N–H and O–H groups in total. The highest BCUT2D eigenvalue weighted by molar-refractivity contribution is 9.10. The second-order valence-electron chi connectivity index (χ2n) is 5.15. The van der Waals surface area contributed by atoms with Crippen molar-refractivity contribution in [3.8, 4) is 11.4 Å². The molecular formula is C17H14BrN3O3S. The lowest BCUT2D eigenvalue weighted by Crippen LogP contribution is -2.23. The quantitative estimate of drug-likeness (QED) is 0.507. The van der Waals surface area contributed by atoms with Crippen molar-refractivity contribution in [2.75, 3.05) is 12.9 Å². The van der Waals surface area contributed by atoms with Crippen molar-refractivity contribution in [2.24, 2.45) is 5.73 Å². The van der Waals surface area contributed by atoms with Gasteiger partial charge in [-0.3, -0.25) is 14.2 Å². The Labute approximate surface area is 156 Å². The molecule has 1 aromatic heterocycles. The summed E-state index contributed by atoms with van der Waals surface area (Å²) in [4.78, 5) is 28.7. The second kappa shape index (κ2) is 7.28. The number of hydrogen-bond acceptors (Lipinski definition) is 5. The minimum absolute atomic E-state index is 0.0324. The lowest BCUT2D eigenvalue weighted by molar-refractivity contribution is -0.115. The molecule has 3 rings (SSSR count). The highest BCUT2D eigenvalue weighted by Gasteiger charge is 2.14. The van der Waals surface area contributed by atoms with Crippen molar-refractivity contribution < 1.29 is 9.53 Å². The maximum absolute atomic E-state index is 13.0. The van der Waals surface area contributed by atoms with Crippen molar-refractivity contribution in [1.29, 1.82) is 0 Å². The number of nitrogens with zero attached hydrogens (tertiary/aromatic N) is 2. The Morgan fingerprint density at radius 1 is 1.28 bits per heavy atom. The minimum Gasteiger partial charge on any atom is -0.497 e. The Hall–Kier alpha value is -2.32. The lowest BCUT2D eigenvalue weighted by Gasteiger charge is -2.13. The van der Waals surface area contributed by atoms with Gasteiger partial charge in [-0.1, -0.05) is 27.7 Å². The van der Waals surface area contributed by atoms with E-state index >= 15 is 0 Å². The van der Waals surface area contributed by atoms with E-state index < -0.39 is 5.91 Å². The van der Waals surface area contributed by atoms with E-state index in [1.165, 1.54) is 4.57 Å².